The second kappa shape index (κ2) is 6.35. The Labute approximate surface area is 136 Å². The van der Waals surface area contributed by atoms with E-state index in [-0.39, 0.29) is 13.2 Å². The van der Waals surface area contributed by atoms with E-state index in [1.807, 2.05) is 0 Å². The summed E-state index contributed by atoms with van der Waals surface area (Å²) < 4.78 is 34.6. The number of piperidine rings is 1. The quantitative estimate of drug-likeness (QED) is 0.429. The summed E-state index contributed by atoms with van der Waals surface area (Å²) in [5.41, 5.74) is 2.24. The number of carbonyl (C=O) groups excluding carboxylic acids is 2. The zero-order valence-corrected chi connectivity index (χ0v) is 13.1. The average Bonchev–Trinajstić information content (AvgIpc) is 3.10. The lowest BCUT2D eigenvalue weighted by Crippen LogP contribution is -2.49. The zero-order chi connectivity index (χ0) is 17.3. The fourth-order valence-corrected chi connectivity index (χ4v) is 3.11. The number of aromatic amines is 1. The molecule has 0 radical (unpaired) electrons. The first-order valence-corrected chi connectivity index (χ1v) is 8.38. The molecule has 1 aromatic rings. The highest BCUT2D eigenvalue weighted by Gasteiger charge is 2.49. The van der Waals surface area contributed by atoms with Crippen molar-refractivity contribution in [3.63, 3.8) is 0 Å². The van der Waals surface area contributed by atoms with E-state index in [9.17, 15) is 18.0 Å². The Morgan fingerprint density at radius 1 is 1.50 bits per heavy atom. The van der Waals surface area contributed by atoms with Crippen molar-refractivity contribution >= 4 is 22.3 Å². The van der Waals surface area contributed by atoms with Gasteiger partial charge in [0.1, 0.15) is 18.5 Å². The lowest BCUT2D eigenvalue weighted by Gasteiger charge is -2.28. The Kier molecular flexibility index (Phi) is 4.40. The van der Waals surface area contributed by atoms with Gasteiger partial charge in [-0.3, -0.25) is 14.2 Å². The van der Waals surface area contributed by atoms with E-state index in [0.29, 0.717) is 23.7 Å². The van der Waals surface area contributed by atoms with Crippen LogP contribution in [0.1, 0.15) is 18.7 Å². The van der Waals surface area contributed by atoms with Gasteiger partial charge < -0.3 is 9.88 Å². The first-order valence-electron chi connectivity index (χ1n) is 7.02. The minimum atomic E-state index is -4.81. The molecule has 132 valence electrons. The molecule has 3 rings (SSSR count). The molecule has 0 aliphatic carbocycles. The monoisotopic (exact) mass is 361 g/mol. The molecule has 2 aliphatic rings. The SMILES string of the molecule is O=C(NOCc1ncc[nH]1)[C@@H]1CC[C@@H]2CN1C(=O)N2OS(=O)(=O)O. The van der Waals surface area contributed by atoms with Crippen LogP contribution < -0.4 is 5.48 Å². The van der Waals surface area contributed by atoms with Gasteiger partial charge in [0, 0.05) is 18.9 Å². The molecule has 24 heavy (non-hydrogen) atoms. The Morgan fingerprint density at radius 3 is 2.96 bits per heavy atom. The van der Waals surface area contributed by atoms with Crippen LogP contribution in [0.25, 0.3) is 0 Å². The molecule has 12 nitrogen and oxygen atoms in total. The predicted molar refractivity (Wildman–Crippen MR) is 74.9 cm³/mol. The second-order valence-electron chi connectivity index (χ2n) is 5.30. The zero-order valence-electron chi connectivity index (χ0n) is 12.3. The fourth-order valence-electron chi connectivity index (χ4n) is 2.72. The number of nitrogens with zero attached hydrogens (tertiary/aromatic N) is 3. The fraction of sp³-hybridized carbons (Fsp3) is 0.545. The number of nitrogens with one attached hydrogen (secondary N) is 2. The van der Waals surface area contributed by atoms with Gasteiger partial charge in [0.05, 0.1) is 6.04 Å². The number of amides is 3. The minimum absolute atomic E-state index is 0.0278. The molecule has 0 aromatic carbocycles. The highest BCUT2D eigenvalue weighted by atomic mass is 32.3. The van der Waals surface area contributed by atoms with Gasteiger partial charge >= 0.3 is 16.4 Å². The molecule has 3 heterocycles. The highest BCUT2D eigenvalue weighted by Crippen LogP contribution is 2.30. The molecule has 0 saturated carbocycles. The summed E-state index contributed by atoms with van der Waals surface area (Å²) in [5.74, 6) is -0.0222. The van der Waals surface area contributed by atoms with Gasteiger partial charge in [0.15, 0.2) is 0 Å². The maximum atomic E-state index is 12.2. The summed E-state index contributed by atoms with van der Waals surface area (Å²) in [5, 5.41) is 0.576. The van der Waals surface area contributed by atoms with Crippen LogP contribution in [0.4, 0.5) is 4.79 Å². The number of urea groups is 1. The normalized spacial score (nSPS) is 23.6. The van der Waals surface area contributed by atoms with Gasteiger partial charge in [-0.1, -0.05) is 0 Å². The van der Waals surface area contributed by atoms with Gasteiger partial charge in [-0.05, 0) is 12.8 Å². The van der Waals surface area contributed by atoms with Crippen LogP contribution in [0.5, 0.6) is 0 Å². The van der Waals surface area contributed by atoms with Gasteiger partial charge in [-0.25, -0.2) is 15.3 Å². The molecule has 2 bridgehead atoms. The number of H-pyrrole nitrogens is 1. The number of fused-ring (bicyclic) bond motifs is 2. The van der Waals surface area contributed by atoms with Crippen LogP contribution in [0, 0.1) is 0 Å². The number of carbonyl (C=O) groups is 2. The molecule has 3 N–H and O–H groups in total. The average molecular weight is 361 g/mol. The summed E-state index contributed by atoms with van der Waals surface area (Å²) in [6.07, 6.45) is 3.79. The Hall–Kier alpha value is -2.22. The number of aromatic nitrogens is 2. The van der Waals surface area contributed by atoms with E-state index in [2.05, 4.69) is 19.7 Å². The molecule has 2 atom stereocenters. The minimum Gasteiger partial charge on any atom is -0.347 e. The van der Waals surface area contributed by atoms with Crippen LogP contribution in [-0.2, 0) is 30.9 Å². The van der Waals surface area contributed by atoms with E-state index in [1.54, 1.807) is 6.20 Å². The van der Waals surface area contributed by atoms with E-state index in [4.69, 9.17) is 9.39 Å². The van der Waals surface area contributed by atoms with Crippen molar-refractivity contribution in [1.82, 2.24) is 25.4 Å². The van der Waals surface area contributed by atoms with Gasteiger partial charge in [0.25, 0.3) is 5.91 Å². The third-order valence-electron chi connectivity index (χ3n) is 3.74. The lowest BCUT2D eigenvalue weighted by molar-refractivity contribution is -0.140. The van der Waals surface area contributed by atoms with Gasteiger partial charge in [-0.2, -0.15) is 13.5 Å². The number of hydrogen-bond donors (Lipinski definition) is 3. The Bertz CT molecular complexity index is 721. The summed E-state index contributed by atoms with van der Waals surface area (Å²) in [6, 6.07) is -2.17. The molecule has 2 saturated heterocycles. The molecule has 13 heteroatoms. The predicted octanol–water partition coefficient (Wildman–Crippen LogP) is -1.04. The third-order valence-corrected chi connectivity index (χ3v) is 4.09. The number of hydroxylamine groups is 3. The van der Waals surface area contributed by atoms with E-state index >= 15 is 0 Å². The summed E-state index contributed by atoms with van der Waals surface area (Å²) >= 11 is 0. The number of hydrogen-bond acceptors (Lipinski definition) is 7. The molecule has 1 aromatic heterocycles. The summed E-state index contributed by atoms with van der Waals surface area (Å²) in [6.45, 7) is 0.143. The maximum absolute atomic E-state index is 12.2. The molecular weight excluding hydrogens is 346 g/mol. The lowest BCUT2D eigenvalue weighted by atomic mass is 10.0. The van der Waals surface area contributed by atoms with E-state index in [0.717, 1.165) is 0 Å². The second-order valence-corrected chi connectivity index (χ2v) is 6.31. The van der Waals surface area contributed by atoms with Crippen molar-refractivity contribution in [2.24, 2.45) is 0 Å². The van der Waals surface area contributed by atoms with Gasteiger partial charge in [0.2, 0.25) is 0 Å². The van der Waals surface area contributed by atoms with Crippen LogP contribution in [0.2, 0.25) is 0 Å². The van der Waals surface area contributed by atoms with E-state index in [1.165, 1.54) is 11.1 Å². The van der Waals surface area contributed by atoms with Gasteiger partial charge in [-0.15, -0.1) is 4.28 Å². The first-order chi connectivity index (χ1) is 11.3. The Morgan fingerprint density at radius 2 is 2.29 bits per heavy atom. The van der Waals surface area contributed by atoms with Crippen molar-refractivity contribution in [3.8, 4) is 0 Å². The molecular formula is C11H15N5O7S. The molecule has 0 unspecified atom stereocenters. The smallest absolute Gasteiger partial charge is 0.347 e. The van der Waals surface area contributed by atoms with Crippen LogP contribution in [0.3, 0.4) is 0 Å². The van der Waals surface area contributed by atoms with Crippen molar-refractivity contribution in [2.75, 3.05) is 6.54 Å². The summed E-state index contributed by atoms with van der Waals surface area (Å²) in [4.78, 5) is 37.2. The first kappa shape index (κ1) is 16.6. The third kappa shape index (κ3) is 3.48. The molecule has 2 aliphatic heterocycles. The van der Waals surface area contributed by atoms with Crippen LogP contribution in [0.15, 0.2) is 12.4 Å². The largest absolute Gasteiger partial charge is 0.418 e. The highest BCUT2D eigenvalue weighted by molar-refractivity contribution is 7.80. The Balaban J connectivity index is 1.58. The van der Waals surface area contributed by atoms with Crippen LogP contribution >= 0.6 is 0 Å². The van der Waals surface area contributed by atoms with Crippen LogP contribution in [-0.4, -0.2) is 63.5 Å². The molecule has 0 spiro atoms. The van der Waals surface area contributed by atoms with E-state index < -0.39 is 34.4 Å². The summed E-state index contributed by atoms with van der Waals surface area (Å²) in [7, 11) is -4.81. The topological polar surface area (TPSA) is 154 Å². The van der Waals surface area contributed by atoms with Crippen molar-refractivity contribution in [1.29, 1.82) is 0 Å². The number of rotatable bonds is 6. The van der Waals surface area contributed by atoms with Crippen molar-refractivity contribution in [3.05, 3.63) is 18.2 Å². The van der Waals surface area contributed by atoms with Crippen molar-refractivity contribution < 1.29 is 31.7 Å². The maximum Gasteiger partial charge on any atom is 0.418 e. The molecule has 3 amide bonds. The van der Waals surface area contributed by atoms with Crippen molar-refractivity contribution in [2.45, 2.75) is 31.5 Å². The standard InChI is InChI=1S/C11H15N5O7S/c17-10(14-22-6-9-12-3-4-13-9)8-2-1-7-5-15(8)11(18)16(7)23-24(19,20)21/h3-4,7-8H,1-2,5-6H2,(H,12,13)(H,14,17)(H,19,20,21)/t7-,8+/m1/s1. The number of imidazole rings is 1. The molecule has 2 fully saturated rings.